The Hall–Kier alpha value is -3.81. The number of carbonyl (C=O) groups is 2. The largest absolute Gasteiger partial charge is 0.496 e. The van der Waals surface area contributed by atoms with Gasteiger partial charge in [-0.3, -0.25) is 9.59 Å². The molecule has 0 unspecified atom stereocenters. The predicted octanol–water partition coefficient (Wildman–Crippen LogP) is 4.23. The summed E-state index contributed by atoms with van der Waals surface area (Å²) in [6.07, 6.45) is 0. The third-order valence-electron chi connectivity index (χ3n) is 6.27. The predicted molar refractivity (Wildman–Crippen MR) is 113 cm³/mol. The highest BCUT2D eigenvalue weighted by atomic mass is 19.2. The number of ether oxygens (including phenoxy) is 1. The smallest absolute Gasteiger partial charge is 0.256 e. The van der Waals surface area contributed by atoms with Gasteiger partial charge in [0.2, 0.25) is 0 Å². The first-order valence-electron chi connectivity index (χ1n) is 11.6. The van der Waals surface area contributed by atoms with Crippen molar-refractivity contribution in [2.45, 2.75) is 12.6 Å². The van der Waals surface area contributed by atoms with Gasteiger partial charge in [-0.1, -0.05) is 24.3 Å². The van der Waals surface area contributed by atoms with E-state index in [2.05, 4.69) is 0 Å². The Balaban J connectivity index is 1.71. The number of aryl methyl sites for hydroxylation is 1. The number of nitrogens with zero attached hydrogens (tertiary/aromatic N) is 2. The monoisotopic (exact) mass is 455 g/mol. The van der Waals surface area contributed by atoms with Gasteiger partial charge in [0.15, 0.2) is 23.1 Å². The lowest BCUT2D eigenvalue weighted by molar-refractivity contribution is 0.0374. The summed E-state index contributed by atoms with van der Waals surface area (Å²) in [5, 5.41) is 0. The molecule has 8 heteroatoms. The summed E-state index contributed by atoms with van der Waals surface area (Å²) < 4.78 is 68.8. The Kier molecular flexibility index (Phi) is 3.95. The maximum Gasteiger partial charge on any atom is 0.256 e. The summed E-state index contributed by atoms with van der Waals surface area (Å²) in [4.78, 5) is 29.9. The van der Waals surface area contributed by atoms with Gasteiger partial charge in [0.1, 0.15) is 5.75 Å². The van der Waals surface area contributed by atoms with E-state index in [0.29, 0.717) is 34.4 Å². The molecule has 5 rings (SSSR count). The fourth-order valence-electron chi connectivity index (χ4n) is 4.86. The molecule has 0 aliphatic carbocycles. The van der Waals surface area contributed by atoms with Crippen LogP contribution in [0.25, 0.3) is 0 Å². The molecular weight excluding hydrogens is 433 g/mol. The third kappa shape index (κ3) is 2.79. The summed E-state index contributed by atoms with van der Waals surface area (Å²) in [7, 11) is -2.68. The number of carbonyl (C=O) groups excluding carboxylic acids is 2. The van der Waals surface area contributed by atoms with Gasteiger partial charge in [0.05, 0.1) is 11.2 Å². The fraction of sp³-hybridized carbons (Fsp3) is 0.200. The van der Waals surface area contributed by atoms with Crippen LogP contribution in [0, 0.1) is 24.4 Å². The standard InChI is InChI=1S/C25H19F3N2O3/c1-14-11-16(7-8-21(14)33-2)25-18-6-4-3-5-17(18)24(32)30(25)10-9-29(25)23(31)15-12-19(26)22(28)20(27)13-15/h3-8,11-13H,9-10H2,1-2H3/t25-/m0/s1/i2D3. The van der Waals surface area contributed by atoms with Crippen LogP contribution < -0.4 is 4.74 Å². The molecule has 0 N–H and O–H groups in total. The van der Waals surface area contributed by atoms with Crippen LogP contribution in [0.2, 0.25) is 0 Å². The number of hydrogen-bond acceptors (Lipinski definition) is 3. The van der Waals surface area contributed by atoms with Crippen LogP contribution in [0.15, 0.2) is 54.6 Å². The molecule has 0 saturated carbocycles. The highest BCUT2D eigenvalue weighted by molar-refractivity contribution is 6.03. The summed E-state index contributed by atoms with van der Waals surface area (Å²) in [5.74, 6) is -5.75. The molecule has 168 valence electrons. The lowest BCUT2D eigenvalue weighted by Crippen LogP contribution is -2.51. The molecule has 33 heavy (non-hydrogen) atoms. The highest BCUT2D eigenvalue weighted by Gasteiger charge is 2.59. The minimum Gasteiger partial charge on any atom is -0.496 e. The first kappa shape index (κ1) is 17.7. The Morgan fingerprint density at radius 3 is 2.48 bits per heavy atom. The second-order valence-electron chi connectivity index (χ2n) is 7.97. The number of amides is 2. The first-order chi connectivity index (χ1) is 16.9. The van der Waals surface area contributed by atoms with Crippen molar-refractivity contribution in [3.63, 3.8) is 0 Å². The van der Waals surface area contributed by atoms with Crippen molar-refractivity contribution in [2.24, 2.45) is 0 Å². The molecule has 1 atom stereocenters. The average Bonchev–Trinajstić information content (AvgIpc) is 3.33. The van der Waals surface area contributed by atoms with Gasteiger partial charge in [-0.2, -0.15) is 0 Å². The van der Waals surface area contributed by atoms with E-state index >= 15 is 0 Å². The number of halogens is 3. The number of rotatable bonds is 3. The number of fused-ring (bicyclic) bond motifs is 3. The van der Waals surface area contributed by atoms with Crippen molar-refractivity contribution in [1.29, 1.82) is 0 Å². The number of methoxy groups -OCH3 is 1. The van der Waals surface area contributed by atoms with E-state index in [1.807, 2.05) is 0 Å². The maximum absolute atomic E-state index is 14.0. The van der Waals surface area contributed by atoms with Crippen molar-refractivity contribution in [2.75, 3.05) is 20.1 Å². The molecule has 0 aromatic heterocycles. The third-order valence-corrected chi connectivity index (χ3v) is 6.27. The molecule has 3 aromatic carbocycles. The molecule has 2 aliphatic heterocycles. The van der Waals surface area contributed by atoms with Crippen molar-refractivity contribution in [3.05, 3.63) is 99.9 Å². The molecule has 2 aliphatic rings. The van der Waals surface area contributed by atoms with E-state index in [4.69, 9.17) is 8.85 Å². The zero-order valence-corrected chi connectivity index (χ0v) is 17.4. The fourth-order valence-corrected chi connectivity index (χ4v) is 4.86. The number of benzene rings is 3. The van der Waals surface area contributed by atoms with Gasteiger partial charge in [-0.25, -0.2) is 13.2 Å². The van der Waals surface area contributed by atoms with E-state index < -0.39 is 41.6 Å². The van der Waals surface area contributed by atoms with E-state index in [9.17, 15) is 22.8 Å². The lowest BCUT2D eigenvalue weighted by Gasteiger charge is -2.40. The van der Waals surface area contributed by atoms with Crippen LogP contribution >= 0.6 is 0 Å². The van der Waals surface area contributed by atoms with Crippen LogP contribution in [-0.4, -0.2) is 41.7 Å². The molecular formula is C25H19F3N2O3. The van der Waals surface area contributed by atoms with Gasteiger partial charge in [-0.15, -0.1) is 0 Å². The van der Waals surface area contributed by atoms with E-state index in [-0.39, 0.29) is 24.7 Å². The topological polar surface area (TPSA) is 49.9 Å². The lowest BCUT2D eigenvalue weighted by atomic mass is 9.88. The van der Waals surface area contributed by atoms with Gasteiger partial charge in [-0.05, 0) is 42.8 Å². The molecule has 3 aromatic rings. The van der Waals surface area contributed by atoms with Crippen LogP contribution in [0.1, 0.15) is 41.5 Å². The van der Waals surface area contributed by atoms with Crippen LogP contribution in [0.3, 0.4) is 0 Å². The minimum atomic E-state index is -2.68. The zero-order valence-electron chi connectivity index (χ0n) is 20.4. The van der Waals surface area contributed by atoms with Crippen molar-refractivity contribution in [3.8, 4) is 5.75 Å². The van der Waals surface area contributed by atoms with Gasteiger partial charge >= 0.3 is 0 Å². The summed E-state index contributed by atoms with van der Waals surface area (Å²) in [6, 6.07) is 12.5. The van der Waals surface area contributed by atoms with E-state index in [0.717, 1.165) is 0 Å². The SMILES string of the molecule is [2H]C([2H])([2H])Oc1ccc([C@@]23c4ccccc4C(=O)N2CCN3C(=O)c2cc(F)c(F)c(F)c2)cc1C. The van der Waals surface area contributed by atoms with Gasteiger partial charge < -0.3 is 14.5 Å². The van der Waals surface area contributed by atoms with Gasteiger partial charge in [0, 0.05) is 35.3 Å². The molecule has 5 nitrogen and oxygen atoms in total. The normalized spacial score (nSPS) is 20.7. The van der Waals surface area contributed by atoms with E-state index in [1.165, 1.54) is 15.9 Å². The second kappa shape index (κ2) is 7.37. The number of hydrogen-bond donors (Lipinski definition) is 0. The van der Waals surface area contributed by atoms with Crippen LogP contribution in [0.5, 0.6) is 5.75 Å². The van der Waals surface area contributed by atoms with Crippen LogP contribution in [-0.2, 0) is 5.66 Å². The summed E-state index contributed by atoms with van der Waals surface area (Å²) in [5.41, 5.74) is -0.170. The van der Waals surface area contributed by atoms with Crippen LogP contribution in [0.4, 0.5) is 13.2 Å². The maximum atomic E-state index is 14.0. The molecule has 0 bridgehead atoms. The van der Waals surface area contributed by atoms with Crippen molar-refractivity contribution >= 4 is 11.8 Å². The molecule has 2 amide bonds. The zero-order chi connectivity index (χ0) is 26.0. The van der Waals surface area contributed by atoms with Gasteiger partial charge in [0.25, 0.3) is 11.8 Å². The molecule has 1 saturated heterocycles. The quantitative estimate of drug-likeness (QED) is 0.556. The first-order valence-corrected chi connectivity index (χ1v) is 10.1. The Bertz CT molecular complexity index is 1410. The van der Waals surface area contributed by atoms with Crippen molar-refractivity contribution in [1.82, 2.24) is 9.80 Å². The molecule has 0 spiro atoms. The minimum absolute atomic E-state index is 0.0338. The molecule has 2 heterocycles. The molecule has 1 fully saturated rings. The Labute approximate surface area is 192 Å². The summed E-state index contributed by atoms with van der Waals surface area (Å²) in [6.45, 7) is 1.78. The van der Waals surface area contributed by atoms with Crippen molar-refractivity contribution < 1.29 is 31.6 Å². The Morgan fingerprint density at radius 2 is 1.79 bits per heavy atom. The average molecular weight is 455 g/mol. The second-order valence-corrected chi connectivity index (χ2v) is 7.97. The Morgan fingerprint density at radius 1 is 1.06 bits per heavy atom. The van der Waals surface area contributed by atoms with E-state index in [1.54, 1.807) is 43.3 Å². The highest BCUT2D eigenvalue weighted by Crippen LogP contribution is 2.50. The summed E-state index contributed by atoms with van der Waals surface area (Å²) >= 11 is 0. The molecule has 0 radical (unpaired) electrons.